The van der Waals surface area contributed by atoms with E-state index >= 15 is 0 Å². The van der Waals surface area contributed by atoms with Gasteiger partial charge in [0, 0.05) is 17.4 Å². The van der Waals surface area contributed by atoms with Gasteiger partial charge in [-0.3, -0.25) is 9.59 Å². The molecule has 172 valence electrons. The molecule has 1 aromatic heterocycles. The van der Waals surface area contributed by atoms with Crippen molar-refractivity contribution in [2.24, 2.45) is 0 Å². The standard InChI is InChI=1S/C25H27N3O4S/c1-15-7-6-8-18(11-15)27-24(30)23-16(2)12-17(3)26-25(23)33-14-22(29)28-20-13-19(31-4)9-10-21(20)32-5/h6-13H,14H2,1-5H3,(H,27,30)(H,28,29). The van der Waals surface area contributed by atoms with E-state index in [9.17, 15) is 9.59 Å². The van der Waals surface area contributed by atoms with Crippen molar-refractivity contribution in [2.75, 3.05) is 30.6 Å². The fourth-order valence-electron chi connectivity index (χ4n) is 3.33. The number of hydrogen-bond donors (Lipinski definition) is 2. The number of rotatable bonds is 8. The molecule has 2 N–H and O–H groups in total. The van der Waals surface area contributed by atoms with E-state index in [4.69, 9.17) is 9.47 Å². The van der Waals surface area contributed by atoms with Gasteiger partial charge in [0.2, 0.25) is 5.91 Å². The zero-order valence-electron chi connectivity index (χ0n) is 19.3. The predicted molar refractivity (Wildman–Crippen MR) is 132 cm³/mol. The van der Waals surface area contributed by atoms with Crippen molar-refractivity contribution in [1.29, 1.82) is 0 Å². The normalized spacial score (nSPS) is 10.5. The van der Waals surface area contributed by atoms with E-state index in [1.165, 1.54) is 18.9 Å². The maximum absolute atomic E-state index is 13.1. The fourth-order valence-corrected chi connectivity index (χ4v) is 4.28. The van der Waals surface area contributed by atoms with Gasteiger partial charge in [0.25, 0.3) is 5.91 Å². The Morgan fingerprint density at radius 3 is 2.45 bits per heavy atom. The second kappa shape index (κ2) is 10.9. The Kier molecular flexibility index (Phi) is 7.95. The first kappa shape index (κ1) is 24.1. The number of carbonyl (C=O) groups is 2. The number of carbonyl (C=O) groups excluding carboxylic acids is 2. The van der Waals surface area contributed by atoms with Crippen molar-refractivity contribution in [3.8, 4) is 11.5 Å². The van der Waals surface area contributed by atoms with E-state index in [0.29, 0.717) is 33.5 Å². The first-order valence-corrected chi connectivity index (χ1v) is 11.3. The van der Waals surface area contributed by atoms with E-state index < -0.39 is 0 Å². The molecular weight excluding hydrogens is 438 g/mol. The molecule has 0 saturated heterocycles. The number of anilines is 2. The Labute approximate surface area is 197 Å². The average Bonchev–Trinajstić information content (AvgIpc) is 2.77. The summed E-state index contributed by atoms with van der Waals surface area (Å²) < 4.78 is 10.5. The molecule has 0 aliphatic carbocycles. The van der Waals surface area contributed by atoms with Gasteiger partial charge in [0.1, 0.15) is 16.5 Å². The van der Waals surface area contributed by atoms with Gasteiger partial charge < -0.3 is 20.1 Å². The summed E-state index contributed by atoms with van der Waals surface area (Å²) in [5, 5.41) is 6.27. The summed E-state index contributed by atoms with van der Waals surface area (Å²) in [6.45, 7) is 5.69. The summed E-state index contributed by atoms with van der Waals surface area (Å²) >= 11 is 1.21. The number of aryl methyl sites for hydroxylation is 3. The lowest BCUT2D eigenvalue weighted by Crippen LogP contribution is -2.18. The smallest absolute Gasteiger partial charge is 0.258 e. The number of thioether (sulfide) groups is 1. The molecule has 0 aliphatic heterocycles. The zero-order valence-corrected chi connectivity index (χ0v) is 20.1. The number of aromatic nitrogens is 1. The lowest BCUT2D eigenvalue weighted by molar-refractivity contribution is -0.113. The van der Waals surface area contributed by atoms with Crippen molar-refractivity contribution < 1.29 is 19.1 Å². The third-order valence-corrected chi connectivity index (χ3v) is 5.81. The van der Waals surface area contributed by atoms with Crippen LogP contribution in [0, 0.1) is 20.8 Å². The maximum atomic E-state index is 13.1. The van der Waals surface area contributed by atoms with Gasteiger partial charge in [-0.15, -0.1) is 0 Å². The van der Waals surface area contributed by atoms with Crippen LogP contribution >= 0.6 is 11.8 Å². The second-order valence-electron chi connectivity index (χ2n) is 7.49. The summed E-state index contributed by atoms with van der Waals surface area (Å²) in [6, 6.07) is 14.6. The van der Waals surface area contributed by atoms with Crippen molar-refractivity contribution >= 4 is 35.0 Å². The SMILES string of the molecule is COc1ccc(OC)c(NC(=O)CSc2nc(C)cc(C)c2C(=O)Nc2cccc(C)c2)c1. The van der Waals surface area contributed by atoms with Crippen molar-refractivity contribution in [3.63, 3.8) is 0 Å². The van der Waals surface area contributed by atoms with Crippen LogP contribution in [0.2, 0.25) is 0 Å². The number of methoxy groups -OCH3 is 2. The second-order valence-corrected chi connectivity index (χ2v) is 8.45. The van der Waals surface area contributed by atoms with Crippen LogP contribution in [0.4, 0.5) is 11.4 Å². The molecule has 2 aromatic carbocycles. The number of nitrogens with zero attached hydrogens (tertiary/aromatic N) is 1. The molecule has 0 unspecified atom stereocenters. The highest BCUT2D eigenvalue weighted by atomic mass is 32.2. The molecule has 1 heterocycles. The van der Waals surface area contributed by atoms with Gasteiger partial charge in [-0.2, -0.15) is 0 Å². The molecule has 2 amide bonds. The first-order valence-electron chi connectivity index (χ1n) is 10.3. The largest absolute Gasteiger partial charge is 0.497 e. The van der Waals surface area contributed by atoms with Gasteiger partial charge in [-0.25, -0.2) is 4.98 Å². The molecule has 0 atom stereocenters. The van der Waals surface area contributed by atoms with Crippen LogP contribution in [0.15, 0.2) is 53.6 Å². The highest BCUT2D eigenvalue weighted by Crippen LogP contribution is 2.30. The molecule has 0 radical (unpaired) electrons. The molecule has 7 nitrogen and oxygen atoms in total. The van der Waals surface area contributed by atoms with Crippen LogP contribution in [0.5, 0.6) is 11.5 Å². The van der Waals surface area contributed by atoms with E-state index in [1.54, 1.807) is 25.3 Å². The summed E-state index contributed by atoms with van der Waals surface area (Å²) in [7, 11) is 3.09. The molecule has 0 saturated carbocycles. The van der Waals surface area contributed by atoms with Crippen molar-refractivity contribution in [2.45, 2.75) is 25.8 Å². The monoisotopic (exact) mass is 465 g/mol. The minimum atomic E-state index is -0.261. The van der Waals surface area contributed by atoms with E-state index in [0.717, 1.165) is 16.8 Å². The van der Waals surface area contributed by atoms with Gasteiger partial charge in [-0.1, -0.05) is 23.9 Å². The van der Waals surface area contributed by atoms with Crippen LogP contribution in [0.1, 0.15) is 27.2 Å². The Balaban J connectivity index is 1.77. The Bertz CT molecular complexity index is 1180. The van der Waals surface area contributed by atoms with Crippen LogP contribution in [0.3, 0.4) is 0 Å². The van der Waals surface area contributed by atoms with Gasteiger partial charge in [0.15, 0.2) is 0 Å². The summed E-state index contributed by atoms with van der Waals surface area (Å²) in [6.07, 6.45) is 0. The highest BCUT2D eigenvalue weighted by molar-refractivity contribution is 8.00. The van der Waals surface area contributed by atoms with Crippen LogP contribution < -0.4 is 20.1 Å². The zero-order chi connectivity index (χ0) is 24.0. The van der Waals surface area contributed by atoms with Gasteiger partial charge in [-0.05, 0) is 62.2 Å². The number of amides is 2. The molecular formula is C25H27N3O4S. The number of hydrogen-bond acceptors (Lipinski definition) is 6. The lowest BCUT2D eigenvalue weighted by Gasteiger charge is -2.14. The molecule has 0 spiro atoms. The topological polar surface area (TPSA) is 89.6 Å². The molecule has 8 heteroatoms. The maximum Gasteiger partial charge on any atom is 0.258 e. The molecule has 0 aliphatic rings. The molecule has 0 fully saturated rings. The highest BCUT2D eigenvalue weighted by Gasteiger charge is 2.19. The summed E-state index contributed by atoms with van der Waals surface area (Å²) in [5.41, 5.74) is 4.29. The average molecular weight is 466 g/mol. The third-order valence-electron chi connectivity index (χ3n) is 4.84. The minimum Gasteiger partial charge on any atom is -0.497 e. The van der Waals surface area contributed by atoms with Gasteiger partial charge >= 0.3 is 0 Å². The van der Waals surface area contributed by atoms with E-state index in [-0.39, 0.29) is 17.6 Å². The van der Waals surface area contributed by atoms with Crippen LogP contribution in [0.25, 0.3) is 0 Å². The molecule has 3 rings (SSSR count). The number of benzene rings is 2. The van der Waals surface area contributed by atoms with Crippen molar-refractivity contribution in [1.82, 2.24) is 4.98 Å². The molecule has 0 bridgehead atoms. The first-order chi connectivity index (χ1) is 15.8. The summed E-state index contributed by atoms with van der Waals surface area (Å²) in [5.74, 6) is 0.684. The number of pyridine rings is 1. The molecule has 3 aromatic rings. The molecule has 33 heavy (non-hydrogen) atoms. The fraction of sp³-hybridized carbons (Fsp3) is 0.240. The van der Waals surface area contributed by atoms with Crippen molar-refractivity contribution in [3.05, 3.63) is 70.9 Å². The number of ether oxygens (including phenoxy) is 2. The van der Waals surface area contributed by atoms with E-state index in [1.807, 2.05) is 51.1 Å². The lowest BCUT2D eigenvalue weighted by atomic mass is 10.1. The summed E-state index contributed by atoms with van der Waals surface area (Å²) in [4.78, 5) is 30.3. The van der Waals surface area contributed by atoms with Crippen LogP contribution in [-0.4, -0.2) is 36.8 Å². The predicted octanol–water partition coefficient (Wildman–Crippen LogP) is 5.01. The third kappa shape index (κ3) is 6.26. The van der Waals surface area contributed by atoms with E-state index in [2.05, 4.69) is 15.6 Å². The van der Waals surface area contributed by atoms with Gasteiger partial charge in [0.05, 0.1) is 31.2 Å². The minimum absolute atomic E-state index is 0.0704. The Morgan fingerprint density at radius 2 is 1.76 bits per heavy atom. The van der Waals surface area contributed by atoms with Crippen LogP contribution in [-0.2, 0) is 4.79 Å². The Morgan fingerprint density at radius 1 is 0.970 bits per heavy atom. The Hall–Kier alpha value is -3.52. The quantitative estimate of drug-likeness (QED) is 0.455. The number of nitrogens with one attached hydrogen (secondary N) is 2.